The fourth-order valence-corrected chi connectivity index (χ4v) is 3.16. The van der Waals surface area contributed by atoms with E-state index >= 15 is 0 Å². The Morgan fingerprint density at radius 2 is 2.23 bits per heavy atom. The van der Waals surface area contributed by atoms with Crippen molar-refractivity contribution in [1.29, 1.82) is 0 Å². The third kappa shape index (κ3) is 2.61. The lowest BCUT2D eigenvalue weighted by Gasteiger charge is -2.30. The van der Waals surface area contributed by atoms with Crippen molar-refractivity contribution in [3.8, 4) is 11.5 Å². The zero-order valence-corrected chi connectivity index (χ0v) is 12.4. The van der Waals surface area contributed by atoms with Gasteiger partial charge in [-0.1, -0.05) is 6.07 Å². The summed E-state index contributed by atoms with van der Waals surface area (Å²) in [6.45, 7) is 0.795. The Morgan fingerprint density at radius 3 is 2.95 bits per heavy atom. The van der Waals surface area contributed by atoms with Crippen molar-refractivity contribution in [2.75, 3.05) is 20.3 Å². The molecule has 0 unspecified atom stereocenters. The lowest BCUT2D eigenvalue weighted by atomic mass is 9.95. The first-order valence-electron chi connectivity index (χ1n) is 7.43. The van der Waals surface area contributed by atoms with E-state index in [0.717, 1.165) is 17.7 Å². The zero-order chi connectivity index (χ0) is 15.7. The molecule has 22 heavy (non-hydrogen) atoms. The molecule has 2 aliphatic heterocycles. The van der Waals surface area contributed by atoms with Gasteiger partial charge in [0.05, 0.1) is 13.0 Å². The normalized spacial score (nSPS) is 23.6. The molecule has 0 aliphatic carbocycles. The van der Waals surface area contributed by atoms with E-state index in [4.69, 9.17) is 9.47 Å². The standard InChI is InChI=1S/C16H19NO5/c1-21-12-5-4-10-7-11(9-22-14(10)8-12)15(18)17-6-2-3-13(17)16(19)20/h4-5,8,11,13H,2-3,6-7,9H2,1H3,(H,19,20)/t11-,13+/m1/s1. The molecule has 2 aliphatic rings. The Balaban J connectivity index is 1.74. The molecule has 1 fully saturated rings. The molecular formula is C16H19NO5. The van der Waals surface area contributed by atoms with Gasteiger partial charge >= 0.3 is 5.97 Å². The van der Waals surface area contributed by atoms with Crippen LogP contribution >= 0.6 is 0 Å². The maximum absolute atomic E-state index is 12.6. The topological polar surface area (TPSA) is 76.1 Å². The lowest BCUT2D eigenvalue weighted by molar-refractivity contribution is -0.150. The fourth-order valence-electron chi connectivity index (χ4n) is 3.16. The highest BCUT2D eigenvalue weighted by molar-refractivity contribution is 5.86. The summed E-state index contributed by atoms with van der Waals surface area (Å²) in [6.07, 6.45) is 1.84. The molecule has 1 N–H and O–H groups in total. The van der Waals surface area contributed by atoms with E-state index in [1.54, 1.807) is 7.11 Å². The number of aliphatic carboxylic acids is 1. The van der Waals surface area contributed by atoms with E-state index < -0.39 is 12.0 Å². The molecule has 1 aromatic rings. The number of likely N-dealkylation sites (tertiary alicyclic amines) is 1. The van der Waals surface area contributed by atoms with Crippen LogP contribution in [0, 0.1) is 5.92 Å². The summed E-state index contributed by atoms with van der Waals surface area (Å²) < 4.78 is 10.8. The molecule has 0 saturated carbocycles. The minimum absolute atomic E-state index is 0.119. The number of carbonyl (C=O) groups is 2. The first-order chi connectivity index (χ1) is 10.6. The van der Waals surface area contributed by atoms with Gasteiger partial charge in [0.2, 0.25) is 5.91 Å². The Bertz CT molecular complexity index is 600. The highest BCUT2D eigenvalue weighted by atomic mass is 16.5. The highest BCUT2D eigenvalue weighted by Gasteiger charge is 2.38. The van der Waals surface area contributed by atoms with E-state index in [1.807, 2.05) is 18.2 Å². The Kier molecular flexibility index (Phi) is 3.92. The Hall–Kier alpha value is -2.24. The van der Waals surface area contributed by atoms with Crippen molar-refractivity contribution in [1.82, 2.24) is 4.90 Å². The molecule has 1 aromatic carbocycles. The molecule has 0 bridgehead atoms. The van der Waals surface area contributed by atoms with Gasteiger partial charge in [-0.05, 0) is 30.9 Å². The van der Waals surface area contributed by atoms with Crippen molar-refractivity contribution < 1.29 is 24.2 Å². The third-order valence-corrected chi connectivity index (χ3v) is 4.35. The maximum Gasteiger partial charge on any atom is 0.326 e. The van der Waals surface area contributed by atoms with E-state index in [2.05, 4.69) is 0 Å². The van der Waals surface area contributed by atoms with Crippen LogP contribution in [0.5, 0.6) is 11.5 Å². The van der Waals surface area contributed by atoms with Crippen LogP contribution in [0.3, 0.4) is 0 Å². The van der Waals surface area contributed by atoms with Crippen LogP contribution in [-0.2, 0) is 16.0 Å². The van der Waals surface area contributed by atoms with Crippen LogP contribution in [0.1, 0.15) is 18.4 Å². The summed E-state index contributed by atoms with van der Waals surface area (Å²) in [6, 6.07) is 4.85. The number of amides is 1. The molecule has 6 heteroatoms. The summed E-state index contributed by atoms with van der Waals surface area (Å²) in [5, 5.41) is 9.21. The third-order valence-electron chi connectivity index (χ3n) is 4.35. The van der Waals surface area contributed by atoms with Crippen molar-refractivity contribution in [3.63, 3.8) is 0 Å². The first-order valence-corrected chi connectivity index (χ1v) is 7.43. The van der Waals surface area contributed by atoms with Gasteiger partial charge in [-0.2, -0.15) is 0 Å². The van der Waals surface area contributed by atoms with Crippen molar-refractivity contribution in [3.05, 3.63) is 23.8 Å². The summed E-state index contributed by atoms with van der Waals surface area (Å²) in [5.74, 6) is 0.0912. The van der Waals surface area contributed by atoms with Gasteiger partial charge in [0.25, 0.3) is 0 Å². The highest BCUT2D eigenvalue weighted by Crippen LogP contribution is 2.32. The van der Waals surface area contributed by atoms with Gasteiger partial charge in [-0.15, -0.1) is 0 Å². The Labute approximate surface area is 128 Å². The minimum Gasteiger partial charge on any atom is -0.497 e. The van der Waals surface area contributed by atoms with Gasteiger partial charge in [0, 0.05) is 12.6 Å². The molecule has 0 aromatic heterocycles. The molecule has 3 rings (SSSR count). The van der Waals surface area contributed by atoms with Crippen LogP contribution in [0.25, 0.3) is 0 Å². The smallest absolute Gasteiger partial charge is 0.326 e. The van der Waals surface area contributed by atoms with Crippen LogP contribution < -0.4 is 9.47 Å². The van der Waals surface area contributed by atoms with Gasteiger partial charge in [0.1, 0.15) is 24.1 Å². The average Bonchev–Trinajstić information content (AvgIpc) is 3.03. The van der Waals surface area contributed by atoms with E-state index in [1.165, 1.54) is 4.90 Å². The molecule has 2 heterocycles. The zero-order valence-electron chi connectivity index (χ0n) is 12.4. The van der Waals surface area contributed by atoms with Crippen LogP contribution in [-0.4, -0.2) is 48.2 Å². The summed E-state index contributed by atoms with van der Waals surface area (Å²) in [4.78, 5) is 25.3. The van der Waals surface area contributed by atoms with Crippen molar-refractivity contribution >= 4 is 11.9 Å². The average molecular weight is 305 g/mol. The monoisotopic (exact) mass is 305 g/mol. The number of methoxy groups -OCH3 is 1. The van der Waals surface area contributed by atoms with Crippen LogP contribution in [0.15, 0.2) is 18.2 Å². The fraction of sp³-hybridized carbons (Fsp3) is 0.500. The van der Waals surface area contributed by atoms with E-state index in [0.29, 0.717) is 25.1 Å². The van der Waals surface area contributed by atoms with Gasteiger partial charge in [-0.3, -0.25) is 4.79 Å². The van der Waals surface area contributed by atoms with Crippen molar-refractivity contribution in [2.24, 2.45) is 5.92 Å². The number of carboxylic acids is 1. The minimum atomic E-state index is -0.923. The molecular weight excluding hydrogens is 286 g/mol. The molecule has 1 saturated heterocycles. The van der Waals surface area contributed by atoms with Crippen LogP contribution in [0.2, 0.25) is 0 Å². The molecule has 6 nitrogen and oxygen atoms in total. The number of carbonyl (C=O) groups excluding carboxylic acids is 1. The number of hydrogen-bond donors (Lipinski definition) is 1. The lowest BCUT2D eigenvalue weighted by Crippen LogP contribution is -2.46. The van der Waals surface area contributed by atoms with Crippen LogP contribution in [0.4, 0.5) is 0 Å². The Morgan fingerprint density at radius 1 is 1.41 bits per heavy atom. The second kappa shape index (κ2) is 5.87. The maximum atomic E-state index is 12.6. The molecule has 118 valence electrons. The number of fused-ring (bicyclic) bond motifs is 1. The van der Waals surface area contributed by atoms with E-state index in [-0.39, 0.29) is 18.4 Å². The SMILES string of the molecule is COc1ccc2c(c1)OC[C@H](C(=O)N1CCC[C@H]1C(=O)O)C2. The largest absolute Gasteiger partial charge is 0.497 e. The molecule has 0 radical (unpaired) electrons. The number of ether oxygens (including phenoxy) is 2. The molecule has 2 atom stereocenters. The first kappa shape index (κ1) is 14.7. The molecule has 1 amide bonds. The number of carboxylic acid groups (broad SMARTS) is 1. The second-order valence-corrected chi connectivity index (χ2v) is 5.71. The summed E-state index contributed by atoms with van der Waals surface area (Å²) >= 11 is 0. The number of rotatable bonds is 3. The van der Waals surface area contributed by atoms with Gasteiger partial charge < -0.3 is 19.5 Å². The van der Waals surface area contributed by atoms with Crippen molar-refractivity contribution in [2.45, 2.75) is 25.3 Å². The number of benzene rings is 1. The van der Waals surface area contributed by atoms with Gasteiger partial charge in [-0.25, -0.2) is 4.79 Å². The summed E-state index contributed by atoms with van der Waals surface area (Å²) in [7, 11) is 1.59. The van der Waals surface area contributed by atoms with E-state index in [9.17, 15) is 14.7 Å². The predicted molar refractivity (Wildman–Crippen MR) is 78.1 cm³/mol. The number of hydrogen-bond acceptors (Lipinski definition) is 4. The second-order valence-electron chi connectivity index (χ2n) is 5.71. The molecule has 0 spiro atoms. The van der Waals surface area contributed by atoms with Gasteiger partial charge in [0.15, 0.2) is 0 Å². The quantitative estimate of drug-likeness (QED) is 0.911. The summed E-state index contributed by atoms with van der Waals surface area (Å²) in [5.41, 5.74) is 0.955. The number of nitrogens with zero attached hydrogens (tertiary/aromatic N) is 1. The predicted octanol–water partition coefficient (Wildman–Crippen LogP) is 1.32.